The Hall–Kier alpha value is -2.56. The van der Waals surface area contributed by atoms with Gasteiger partial charge in [-0.1, -0.05) is 21.6 Å². The number of carbonyl (C=O) groups is 6. The lowest BCUT2D eigenvalue weighted by molar-refractivity contribution is -0.146. The zero-order chi connectivity index (χ0) is 30.0. The van der Waals surface area contributed by atoms with Gasteiger partial charge in [0, 0.05) is 24.6 Å². The maximum absolute atomic E-state index is 12.9. The van der Waals surface area contributed by atoms with Crippen molar-refractivity contribution in [2.45, 2.75) is 75.8 Å². The van der Waals surface area contributed by atoms with Crippen molar-refractivity contribution >= 4 is 57.2 Å². The Balaban J connectivity index is 1.95. The predicted octanol–water partition coefficient (Wildman–Crippen LogP) is -1.64. The van der Waals surface area contributed by atoms with E-state index in [9.17, 15) is 28.8 Å². The number of ether oxygens (including phenoxy) is 2. The van der Waals surface area contributed by atoms with Gasteiger partial charge in [0.15, 0.2) is 0 Å². The number of rotatable bonds is 13. The van der Waals surface area contributed by atoms with E-state index < -0.39 is 60.0 Å². The highest BCUT2D eigenvalue weighted by Crippen LogP contribution is 2.25. The molecule has 0 bridgehead atoms. The maximum Gasteiger partial charge on any atom is 0.329 e. The second-order valence-electron chi connectivity index (χ2n) is 9.69. The first-order valence-corrected chi connectivity index (χ1v) is 15.5. The third-order valence-corrected chi connectivity index (χ3v) is 9.04. The Morgan fingerprint density at radius 2 is 1.10 bits per heavy atom. The summed E-state index contributed by atoms with van der Waals surface area (Å²) in [4.78, 5) is 78.2. The standard InChI is InChI=1S/C24H40N6O8S2/c1-13(25)21(33)29-9-5-7-17(29)19(31)27-15(23(35)37-3)11-39-40-12-16(24(36)38-4)28-20(32)18-8-6-10-30(18)22(34)14(2)26/h13-18H,5-12,25-26H2,1-4H3,(H,27,31)(H,28,32)/t13-,14-,15-,16-,17-,18-/m0/s1. The predicted molar refractivity (Wildman–Crippen MR) is 150 cm³/mol. The lowest BCUT2D eigenvalue weighted by Gasteiger charge is -2.27. The molecule has 2 aliphatic heterocycles. The molecule has 0 radical (unpaired) electrons. The highest BCUT2D eigenvalue weighted by molar-refractivity contribution is 8.76. The van der Waals surface area contributed by atoms with Crippen LogP contribution in [-0.4, -0.2) is 120 Å². The smallest absolute Gasteiger partial charge is 0.329 e. The molecule has 2 aliphatic rings. The van der Waals surface area contributed by atoms with Crippen LogP contribution in [0.2, 0.25) is 0 Å². The molecule has 226 valence electrons. The fourth-order valence-corrected chi connectivity index (χ4v) is 6.82. The van der Waals surface area contributed by atoms with Crippen LogP contribution in [0.3, 0.4) is 0 Å². The van der Waals surface area contributed by atoms with E-state index in [1.165, 1.54) is 45.6 Å². The highest BCUT2D eigenvalue weighted by atomic mass is 33.1. The minimum absolute atomic E-state index is 0.0954. The molecule has 2 saturated heterocycles. The van der Waals surface area contributed by atoms with Crippen LogP contribution in [0.4, 0.5) is 0 Å². The molecule has 14 nitrogen and oxygen atoms in total. The van der Waals surface area contributed by atoms with Crippen LogP contribution < -0.4 is 22.1 Å². The van der Waals surface area contributed by atoms with E-state index in [1.54, 1.807) is 13.8 Å². The van der Waals surface area contributed by atoms with Gasteiger partial charge in [-0.2, -0.15) is 0 Å². The molecule has 2 rings (SSSR count). The van der Waals surface area contributed by atoms with Crippen molar-refractivity contribution in [2.24, 2.45) is 11.5 Å². The van der Waals surface area contributed by atoms with Crippen molar-refractivity contribution < 1.29 is 38.2 Å². The van der Waals surface area contributed by atoms with E-state index in [2.05, 4.69) is 10.6 Å². The van der Waals surface area contributed by atoms with Gasteiger partial charge in [0.2, 0.25) is 23.6 Å². The van der Waals surface area contributed by atoms with E-state index >= 15 is 0 Å². The first-order valence-electron chi connectivity index (χ1n) is 13.1. The van der Waals surface area contributed by atoms with Crippen molar-refractivity contribution in [1.82, 2.24) is 20.4 Å². The molecule has 40 heavy (non-hydrogen) atoms. The van der Waals surface area contributed by atoms with Crippen molar-refractivity contribution in [3.8, 4) is 0 Å². The maximum atomic E-state index is 12.9. The first kappa shape index (κ1) is 33.6. The summed E-state index contributed by atoms with van der Waals surface area (Å²) in [5, 5.41) is 5.32. The molecule has 0 unspecified atom stereocenters. The van der Waals surface area contributed by atoms with Gasteiger partial charge in [-0.05, 0) is 39.5 Å². The number of methoxy groups -OCH3 is 2. The second kappa shape index (κ2) is 16.0. The highest BCUT2D eigenvalue weighted by Gasteiger charge is 2.38. The molecule has 0 spiro atoms. The van der Waals surface area contributed by atoms with Gasteiger partial charge < -0.3 is 41.4 Å². The van der Waals surface area contributed by atoms with Crippen LogP contribution in [0.25, 0.3) is 0 Å². The summed E-state index contributed by atoms with van der Waals surface area (Å²) in [6, 6.07) is -4.98. The monoisotopic (exact) mass is 604 g/mol. The molecule has 6 N–H and O–H groups in total. The van der Waals surface area contributed by atoms with Crippen LogP contribution in [-0.2, 0) is 38.2 Å². The molecule has 0 aromatic heterocycles. The normalized spacial score (nSPS) is 21.6. The van der Waals surface area contributed by atoms with Gasteiger partial charge in [0.25, 0.3) is 0 Å². The first-order chi connectivity index (χ1) is 18.9. The molecule has 6 atom stereocenters. The number of nitrogens with zero attached hydrogens (tertiary/aromatic N) is 2. The summed E-state index contributed by atoms with van der Waals surface area (Å²) < 4.78 is 9.66. The van der Waals surface area contributed by atoms with E-state index in [0.717, 1.165) is 0 Å². The van der Waals surface area contributed by atoms with Gasteiger partial charge in [0.1, 0.15) is 24.2 Å². The molecule has 0 aromatic carbocycles. The number of hydrogen-bond acceptors (Lipinski definition) is 12. The Kier molecular flexibility index (Phi) is 13.5. The lowest BCUT2D eigenvalue weighted by atomic mass is 10.1. The van der Waals surface area contributed by atoms with Crippen molar-refractivity contribution in [2.75, 3.05) is 38.8 Å². The van der Waals surface area contributed by atoms with E-state index in [-0.39, 0.29) is 23.3 Å². The molecule has 2 heterocycles. The lowest BCUT2D eigenvalue weighted by Crippen LogP contribution is -2.54. The number of nitrogens with two attached hydrogens (primary N) is 2. The number of carbonyl (C=O) groups excluding carboxylic acids is 6. The third-order valence-electron chi connectivity index (χ3n) is 6.61. The topological polar surface area (TPSA) is 203 Å². The summed E-state index contributed by atoms with van der Waals surface area (Å²) in [6.07, 6.45) is 2.19. The molecular weight excluding hydrogens is 564 g/mol. The van der Waals surface area contributed by atoms with Crippen LogP contribution in [0.15, 0.2) is 0 Å². The SMILES string of the molecule is COC(=O)[C@H](CSSC[C@H](NC(=O)[C@@H]1CCCN1C(=O)[C@H](C)N)C(=O)OC)NC(=O)[C@@H]1CCCN1C(=O)[C@H](C)N. The fraction of sp³-hybridized carbons (Fsp3) is 0.750. The summed E-state index contributed by atoms with van der Waals surface area (Å²) in [5.41, 5.74) is 11.4. The summed E-state index contributed by atoms with van der Waals surface area (Å²) in [5.74, 6) is -2.77. The average Bonchev–Trinajstić information content (AvgIpc) is 3.62. The molecule has 0 saturated carbocycles. The molecule has 0 aliphatic carbocycles. The van der Waals surface area contributed by atoms with E-state index in [4.69, 9.17) is 20.9 Å². The van der Waals surface area contributed by atoms with Crippen LogP contribution in [0.1, 0.15) is 39.5 Å². The Labute approximate surface area is 241 Å². The van der Waals surface area contributed by atoms with Crippen LogP contribution in [0.5, 0.6) is 0 Å². The molecule has 0 aromatic rings. The summed E-state index contributed by atoms with van der Waals surface area (Å²) in [7, 11) is 4.77. The van der Waals surface area contributed by atoms with Crippen molar-refractivity contribution in [1.29, 1.82) is 0 Å². The summed E-state index contributed by atoms with van der Waals surface area (Å²) in [6.45, 7) is 3.92. The Morgan fingerprint density at radius 3 is 1.40 bits per heavy atom. The minimum Gasteiger partial charge on any atom is -0.467 e. The summed E-state index contributed by atoms with van der Waals surface area (Å²) >= 11 is 0. The van der Waals surface area contributed by atoms with Gasteiger partial charge in [-0.25, -0.2) is 9.59 Å². The van der Waals surface area contributed by atoms with Crippen LogP contribution >= 0.6 is 21.6 Å². The van der Waals surface area contributed by atoms with Gasteiger partial charge in [-0.15, -0.1) is 0 Å². The molecular formula is C24H40N6O8S2. The minimum atomic E-state index is -1.01. The van der Waals surface area contributed by atoms with E-state index in [0.29, 0.717) is 38.8 Å². The Morgan fingerprint density at radius 1 is 0.750 bits per heavy atom. The average molecular weight is 605 g/mol. The van der Waals surface area contributed by atoms with Gasteiger partial charge in [-0.3, -0.25) is 19.2 Å². The number of nitrogens with one attached hydrogen (secondary N) is 2. The molecule has 2 fully saturated rings. The van der Waals surface area contributed by atoms with Crippen LogP contribution in [0, 0.1) is 0 Å². The third kappa shape index (κ3) is 8.97. The zero-order valence-electron chi connectivity index (χ0n) is 23.3. The van der Waals surface area contributed by atoms with Crippen molar-refractivity contribution in [3.63, 3.8) is 0 Å². The quantitative estimate of drug-likeness (QED) is 0.106. The second-order valence-corrected chi connectivity index (χ2v) is 12.2. The van der Waals surface area contributed by atoms with E-state index in [1.807, 2.05) is 0 Å². The molecule has 4 amide bonds. The Bertz CT molecular complexity index is 878. The largest absolute Gasteiger partial charge is 0.467 e. The molecule has 16 heteroatoms. The van der Waals surface area contributed by atoms with Crippen molar-refractivity contribution in [3.05, 3.63) is 0 Å². The zero-order valence-corrected chi connectivity index (χ0v) is 24.9. The number of amides is 4. The number of hydrogen-bond donors (Lipinski definition) is 4. The number of esters is 2. The van der Waals surface area contributed by atoms with Gasteiger partial charge in [0.05, 0.1) is 26.3 Å². The van der Waals surface area contributed by atoms with Gasteiger partial charge >= 0.3 is 11.9 Å². The number of likely N-dealkylation sites (tertiary alicyclic amines) is 2. The fourth-order valence-electron chi connectivity index (χ4n) is 4.52.